The predicted octanol–water partition coefficient (Wildman–Crippen LogP) is 2.57. The van der Waals surface area contributed by atoms with E-state index in [-0.39, 0.29) is 11.9 Å². The van der Waals surface area contributed by atoms with Crippen LogP contribution in [0.15, 0.2) is 43.0 Å². The maximum absolute atomic E-state index is 12.6. The Kier molecular flexibility index (Phi) is 4.46. The van der Waals surface area contributed by atoms with E-state index >= 15 is 0 Å². The number of amides is 1. The number of aryl methyl sites for hydroxylation is 1. The number of carbonyl (C=O) groups excluding carboxylic acids is 1. The number of hydrogen-bond donors (Lipinski definition) is 1. The molecule has 0 bridgehead atoms. The lowest BCUT2D eigenvalue weighted by molar-refractivity contribution is 0.0936. The lowest BCUT2D eigenvalue weighted by Crippen LogP contribution is -2.35. The molecule has 1 amide bonds. The molecule has 0 radical (unpaired) electrons. The summed E-state index contributed by atoms with van der Waals surface area (Å²) in [7, 11) is 1.62. The van der Waals surface area contributed by atoms with Crippen LogP contribution in [0.25, 0.3) is 10.9 Å². The van der Waals surface area contributed by atoms with Gasteiger partial charge in [0.2, 0.25) is 0 Å². The van der Waals surface area contributed by atoms with Gasteiger partial charge in [0.1, 0.15) is 5.75 Å². The van der Waals surface area contributed by atoms with Crippen LogP contribution in [-0.2, 0) is 6.54 Å². The van der Waals surface area contributed by atoms with Crippen LogP contribution in [0.1, 0.15) is 23.0 Å². The van der Waals surface area contributed by atoms with E-state index < -0.39 is 0 Å². The van der Waals surface area contributed by atoms with Crippen molar-refractivity contribution in [3.63, 3.8) is 0 Å². The number of nitrogens with zero attached hydrogens (tertiary/aromatic N) is 3. The van der Waals surface area contributed by atoms with Crippen LogP contribution in [-0.4, -0.2) is 33.6 Å². The van der Waals surface area contributed by atoms with E-state index in [2.05, 4.69) is 15.3 Å². The number of benzene rings is 1. The summed E-state index contributed by atoms with van der Waals surface area (Å²) in [4.78, 5) is 21.1. The number of fused-ring (bicyclic) bond motifs is 1. The highest BCUT2D eigenvalue weighted by atomic mass is 16.5. The van der Waals surface area contributed by atoms with Gasteiger partial charge in [-0.05, 0) is 32.0 Å². The number of hydrogen-bond acceptors (Lipinski definition) is 4. The van der Waals surface area contributed by atoms with E-state index in [0.29, 0.717) is 17.8 Å². The van der Waals surface area contributed by atoms with Gasteiger partial charge in [0, 0.05) is 36.4 Å². The summed E-state index contributed by atoms with van der Waals surface area (Å²) in [6.07, 6.45) is 5.33. The number of ether oxygens (including phenoxy) is 1. The first-order chi connectivity index (χ1) is 11.6. The number of carbonyl (C=O) groups is 1. The van der Waals surface area contributed by atoms with Crippen molar-refractivity contribution in [2.24, 2.45) is 0 Å². The van der Waals surface area contributed by atoms with Gasteiger partial charge in [0.15, 0.2) is 0 Å². The number of rotatable bonds is 5. The molecule has 3 rings (SSSR count). The third-order valence-electron chi connectivity index (χ3n) is 3.88. The minimum absolute atomic E-state index is 0.0161. The van der Waals surface area contributed by atoms with Crippen molar-refractivity contribution >= 4 is 16.8 Å². The molecule has 124 valence electrons. The van der Waals surface area contributed by atoms with E-state index in [1.165, 1.54) is 0 Å². The Bertz CT molecular complexity index is 859. The van der Waals surface area contributed by atoms with Crippen LogP contribution in [0.3, 0.4) is 0 Å². The quantitative estimate of drug-likeness (QED) is 0.783. The van der Waals surface area contributed by atoms with Crippen molar-refractivity contribution < 1.29 is 9.53 Å². The van der Waals surface area contributed by atoms with E-state index in [1.807, 2.05) is 48.9 Å². The molecule has 1 atom stereocenters. The summed E-state index contributed by atoms with van der Waals surface area (Å²) in [5.41, 5.74) is 2.10. The zero-order chi connectivity index (χ0) is 17.1. The average molecular weight is 324 g/mol. The molecule has 0 saturated heterocycles. The second-order valence-electron chi connectivity index (χ2n) is 5.81. The maximum atomic E-state index is 12.6. The highest BCUT2D eigenvalue weighted by Crippen LogP contribution is 2.21. The normalized spacial score (nSPS) is 12.1. The van der Waals surface area contributed by atoms with Gasteiger partial charge in [-0.15, -0.1) is 0 Å². The van der Waals surface area contributed by atoms with Gasteiger partial charge in [0.05, 0.1) is 30.2 Å². The molecule has 0 spiro atoms. The van der Waals surface area contributed by atoms with Crippen LogP contribution in [0.2, 0.25) is 0 Å². The fourth-order valence-electron chi connectivity index (χ4n) is 2.66. The van der Waals surface area contributed by atoms with E-state index in [1.54, 1.807) is 19.6 Å². The van der Waals surface area contributed by atoms with Crippen molar-refractivity contribution in [2.45, 2.75) is 26.4 Å². The van der Waals surface area contributed by atoms with Crippen LogP contribution in [0.4, 0.5) is 0 Å². The highest BCUT2D eigenvalue weighted by molar-refractivity contribution is 5.98. The summed E-state index contributed by atoms with van der Waals surface area (Å²) in [6, 6.07) is 7.49. The van der Waals surface area contributed by atoms with Crippen LogP contribution in [0.5, 0.6) is 5.75 Å². The zero-order valence-electron chi connectivity index (χ0n) is 14.0. The van der Waals surface area contributed by atoms with Crippen LogP contribution in [0, 0.1) is 6.92 Å². The molecule has 0 fully saturated rings. The number of nitrogens with one attached hydrogen (secondary N) is 1. The largest absolute Gasteiger partial charge is 0.497 e. The molecule has 2 heterocycles. The fraction of sp³-hybridized carbons (Fsp3) is 0.278. The molecule has 0 aliphatic carbocycles. The molecule has 2 aromatic heterocycles. The van der Waals surface area contributed by atoms with Crippen molar-refractivity contribution in [3.05, 3.63) is 54.2 Å². The number of aromatic nitrogens is 3. The van der Waals surface area contributed by atoms with Gasteiger partial charge in [-0.3, -0.25) is 9.78 Å². The molecule has 3 aromatic rings. The first-order valence-electron chi connectivity index (χ1n) is 7.79. The third-order valence-corrected chi connectivity index (χ3v) is 3.88. The molecule has 0 aliphatic heterocycles. The minimum atomic E-state index is -0.120. The zero-order valence-corrected chi connectivity index (χ0v) is 14.0. The Labute approximate surface area is 140 Å². The van der Waals surface area contributed by atoms with Gasteiger partial charge in [-0.25, -0.2) is 4.98 Å². The summed E-state index contributed by atoms with van der Waals surface area (Å²) in [6.45, 7) is 4.48. The topological polar surface area (TPSA) is 69.0 Å². The molecular weight excluding hydrogens is 304 g/mol. The lowest BCUT2D eigenvalue weighted by atomic mass is 10.1. The van der Waals surface area contributed by atoms with Gasteiger partial charge in [-0.2, -0.15) is 0 Å². The van der Waals surface area contributed by atoms with Gasteiger partial charge >= 0.3 is 0 Å². The molecule has 24 heavy (non-hydrogen) atoms. The second kappa shape index (κ2) is 6.70. The smallest absolute Gasteiger partial charge is 0.253 e. The number of methoxy groups -OCH3 is 1. The summed E-state index contributed by atoms with van der Waals surface area (Å²) < 4.78 is 7.15. The molecule has 1 aromatic carbocycles. The molecular formula is C18H20N4O2. The van der Waals surface area contributed by atoms with Gasteiger partial charge in [-0.1, -0.05) is 0 Å². The molecule has 0 unspecified atom stereocenters. The average Bonchev–Trinajstić information content (AvgIpc) is 3.06. The number of pyridine rings is 1. The van der Waals surface area contributed by atoms with Crippen LogP contribution >= 0.6 is 0 Å². The molecule has 1 N–H and O–H groups in total. The van der Waals surface area contributed by atoms with Gasteiger partial charge in [0.25, 0.3) is 5.91 Å². The molecule has 0 aliphatic rings. The Hall–Kier alpha value is -2.89. The third kappa shape index (κ3) is 3.37. The Morgan fingerprint density at radius 1 is 1.38 bits per heavy atom. The SMILES string of the molecule is COc1ccc2cc(C(=O)N[C@@H](C)Cn3ccnc3)c(C)nc2c1. The Morgan fingerprint density at radius 3 is 2.92 bits per heavy atom. The van der Waals surface area contributed by atoms with Gasteiger partial charge < -0.3 is 14.6 Å². The molecule has 6 nitrogen and oxygen atoms in total. The van der Waals surface area contributed by atoms with E-state index in [4.69, 9.17) is 4.74 Å². The first-order valence-corrected chi connectivity index (χ1v) is 7.79. The maximum Gasteiger partial charge on any atom is 0.253 e. The standard InChI is InChI=1S/C18H20N4O2/c1-12(10-22-7-6-19-11-22)20-18(23)16-8-14-4-5-15(24-3)9-17(14)21-13(16)2/h4-9,11-12H,10H2,1-3H3,(H,20,23)/t12-/m0/s1. The Morgan fingerprint density at radius 2 is 2.21 bits per heavy atom. The van der Waals surface area contributed by atoms with Crippen molar-refractivity contribution in [1.29, 1.82) is 0 Å². The summed E-state index contributed by atoms with van der Waals surface area (Å²) in [5, 5.41) is 3.92. The molecule has 0 saturated carbocycles. The second-order valence-corrected chi connectivity index (χ2v) is 5.81. The van der Waals surface area contributed by atoms with Crippen molar-refractivity contribution in [3.8, 4) is 5.75 Å². The molecule has 6 heteroatoms. The predicted molar refractivity (Wildman–Crippen MR) is 92.2 cm³/mol. The summed E-state index contributed by atoms with van der Waals surface area (Å²) >= 11 is 0. The number of imidazole rings is 1. The summed E-state index contributed by atoms with van der Waals surface area (Å²) in [5.74, 6) is 0.630. The van der Waals surface area contributed by atoms with E-state index in [0.717, 1.165) is 16.7 Å². The van der Waals surface area contributed by atoms with Crippen molar-refractivity contribution in [1.82, 2.24) is 19.9 Å². The lowest BCUT2D eigenvalue weighted by Gasteiger charge is -2.15. The fourth-order valence-corrected chi connectivity index (χ4v) is 2.66. The van der Waals surface area contributed by atoms with Crippen molar-refractivity contribution in [2.75, 3.05) is 7.11 Å². The van der Waals surface area contributed by atoms with E-state index in [9.17, 15) is 4.79 Å². The van der Waals surface area contributed by atoms with Crippen LogP contribution < -0.4 is 10.1 Å². The minimum Gasteiger partial charge on any atom is -0.497 e. The first kappa shape index (κ1) is 16.0. The Balaban J connectivity index is 1.80. The monoisotopic (exact) mass is 324 g/mol. The highest BCUT2D eigenvalue weighted by Gasteiger charge is 2.14.